The highest BCUT2D eigenvalue weighted by Gasteiger charge is 2.20. The van der Waals surface area contributed by atoms with Crippen LogP contribution in [0.3, 0.4) is 0 Å². The van der Waals surface area contributed by atoms with Gasteiger partial charge in [0.25, 0.3) is 0 Å². The molecule has 0 unspecified atom stereocenters. The van der Waals surface area contributed by atoms with Crippen molar-refractivity contribution in [2.45, 2.75) is 30.2 Å². The molecule has 2 atom stereocenters. The van der Waals surface area contributed by atoms with Crippen LogP contribution < -0.4 is 5.32 Å². The molecule has 1 N–H and O–H groups in total. The van der Waals surface area contributed by atoms with E-state index in [0.717, 1.165) is 0 Å². The van der Waals surface area contributed by atoms with Gasteiger partial charge in [0.05, 0.1) is 10.8 Å². The van der Waals surface area contributed by atoms with Crippen molar-refractivity contribution in [3.05, 3.63) is 66.0 Å². The largest absolute Gasteiger partial charge is 0.355 e. The molecule has 1 aromatic heterocycles. The van der Waals surface area contributed by atoms with Gasteiger partial charge in [0.1, 0.15) is 5.82 Å². The van der Waals surface area contributed by atoms with Crippen molar-refractivity contribution in [1.82, 2.24) is 20.1 Å². The van der Waals surface area contributed by atoms with Crippen molar-refractivity contribution in [2.24, 2.45) is 7.05 Å². The number of benzene rings is 2. The molecule has 0 bridgehead atoms. The van der Waals surface area contributed by atoms with Crippen LogP contribution in [0.2, 0.25) is 0 Å². The maximum Gasteiger partial charge on any atom is 0.233 e. The van der Waals surface area contributed by atoms with Gasteiger partial charge < -0.3 is 9.88 Å². The second-order valence-corrected chi connectivity index (χ2v) is 7.97. The lowest BCUT2D eigenvalue weighted by Crippen LogP contribution is -2.33. The Bertz CT molecular complexity index is 945. The molecule has 0 aliphatic rings. The minimum absolute atomic E-state index is 0.0665. The highest BCUT2D eigenvalue weighted by Crippen LogP contribution is 2.27. The molecular weight excluding hydrogens is 375 g/mol. The van der Waals surface area contributed by atoms with E-state index in [0.29, 0.717) is 23.1 Å². The van der Waals surface area contributed by atoms with E-state index in [2.05, 4.69) is 34.6 Å². The fourth-order valence-corrected chi connectivity index (χ4v) is 3.64. The van der Waals surface area contributed by atoms with E-state index in [-0.39, 0.29) is 22.9 Å². The maximum absolute atomic E-state index is 14.0. The number of nitrogens with zero attached hydrogens (tertiary/aromatic N) is 3. The Balaban J connectivity index is 1.61. The summed E-state index contributed by atoms with van der Waals surface area (Å²) >= 11 is 1.30. The van der Waals surface area contributed by atoms with Crippen LogP contribution in [0.15, 0.2) is 59.8 Å². The number of thioether (sulfide) groups is 1. The van der Waals surface area contributed by atoms with E-state index in [4.69, 9.17) is 0 Å². The van der Waals surface area contributed by atoms with Gasteiger partial charge in [0.15, 0.2) is 11.0 Å². The Morgan fingerprint density at radius 3 is 2.50 bits per heavy atom. The molecule has 0 aliphatic heterocycles. The van der Waals surface area contributed by atoms with E-state index < -0.39 is 0 Å². The first-order valence-corrected chi connectivity index (χ1v) is 9.99. The summed E-state index contributed by atoms with van der Waals surface area (Å²) in [5, 5.41) is 11.4. The van der Waals surface area contributed by atoms with Gasteiger partial charge in [-0.3, -0.25) is 4.79 Å². The zero-order valence-electron chi connectivity index (χ0n) is 16.1. The summed E-state index contributed by atoms with van der Waals surface area (Å²) in [7, 11) is 1.77. The number of rotatable bonds is 7. The third-order valence-corrected chi connectivity index (χ3v) is 5.69. The fourth-order valence-electron chi connectivity index (χ4n) is 2.80. The molecule has 0 saturated heterocycles. The summed E-state index contributed by atoms with van der Waals surface area (Å²) in [6.45, 7) is 4.47. The summed E-state index contributed by atoms with van der Waals surface area (Å²) in [5.41, 5.74) is 1.57. The zero-order chi connectivity index (χ0) is 20.1. The summed E-state index contributed by atoms with van der Waals surface area (Å²) in [5.74, 6) is 0.245. The molecular formula is C21H23FN4OS. The summed E-state index contributed by atoms with van der Waals surface area (Å²) < 4.78 is 15.7. The van der Waals surface area contributed by atoms with Gasteiger partial charge in [-0.05, 0) is 30.5 Å². The number of amides is 1. The highest BCUT2D eigenvalue weighted by atomic mass is 32.2. The lowest BCUT2D eigenvalue weighted by Gasteiger charge is -2.15. The van der Waals surface area contributed by atoms with Gasteiger partial charge >= 0.3 is 0 Å². The number of carbonyl (C=O) groups excluding carboxylic acids is 1. The van der Waals surface area contributed by atoms with Crippen LogP contribution in [0.4, 0.5) is 4.39 Å². The molecule has 5 nitrogen and oxygen atoms in total. The van der Waals surface area contributed by atoms with Gasteiger partial charge in [-0.15, -0.1) is 10.2 Å². The van der Waals surface area contributed by atoms with Gasteiger partial charge in [-0.2, -0.15) is 0 Å². The lowest BCUT2D eigenvalue weighted by molar-refractivity contribution is -0.120. The number of halogens is 1. The SMILES string of the molecule is C[C@H](Sc1nnc(-c2ccccc2F)n1C)C(=O)NC[C@@H](C)c1ccccc1. The third-order valence-electron chi connectivity index (χ3n) is 4.55. The second-order valence-electron chi connectivity index (χ2n) is 6.66. The third kappa shape index (κ3) is 4.59. The van der Waals surface area contributed by atoms with Gasteiger partial charge in [-0.1, -0.05) is 61.2 Å². The van der Waals surface area contributed by atoms with Crippen LogP contribution in [-0.4, -0.2) is 32.5 Å². The van der Waals surface area contributed by atoms with Gasteiger partial charge in [-0.25, -0.2) is 4.39 Å². The molecule has 3 aromatic rings. The fraction of sp³-hybridized carbons (Fsp3) is 0.286. The first kappa shape index (κ1) is 20.1. The van der Waals surface area contributed by atoms with Gasteiger partial charge in [0, 0.05) is 13.6 Å². The average Bonchev–Trinajstić information content (AvgIpc) is 3.07. The Morgan fingerprint density at radius 1 is 1.11 bits per heavy atom. The minimum atomic E-state index is -0.352. The first-order chi connectivity index (χ1) is 13.5. The minimum Gasteiger partial charge on any atom is -0.355 e. The predicted octanol–water partition coefficient (Wildman–Crippen LogP) is 4.02. The van der Waals surface area contributed by atoms with Crippen LogP contribution >= 0.6 is 11.8 Å². The molecule has 0 radical (unpaired) electrons. The second kappa shape index (κ2) is 9.01. The molecule has 2 aromatic carbocycles. The van der Waals surface area contributed by atoms with Crippen molar-refractivity contribution in [1.29, 1.82) is 0 Å². The molecule has 28 heavy (non-hydrogen) atoms. The van der Waals surface area contributed by atoms with Crippen molar-refractivity contribution in [2.75, 3.05) is 6.54 Å². The van der Waals surface area contributed by atoms with Crippen molar-refractivity contribution in [3.63, 3.8) is 0 Å². The summed E-state index contributed by atoms with van der Waals surface area (Å²) in [4.78, 5) is 12.5. The number of carbonyl (C=O) groups is 1. The molecule has 7 heteroatoms. The van der Waals surface area contributed by atoms with Crippen LogP contribution in [0.5, 0.6) is 0 Å². The average molecular weight is 399 g/mol. The smallest absolute Gasteiger partial charge is 0.233 e. The van der Waals surface area contributed by atoms with Crippen LogP contribution in [0, 0.1) is 5.82 Å². The van der Waals surface area contributed by atoms with Gasteiger partial charge in [0.2, 0.25) is 5.91 Å². The van der Waals surface area contributed by atoms with Crippen LogP contribution in [0.25, 0.3) is 11.4 Å². The van der Waals surface area contributed by atoms with E-state index >= 15 is 0 Å². The number of hydrogen-bond donors (Lipinski definition) is 1. The van der Waals surface area contributed by atoms with E-state index in [9.17, 15) is 9.18 Å². The number of nitrogens with one attached hydrogen (secondary N) is 1. The van der Waals surface area contributed by atoms with Crippen LogP contribution in [-0.2, 0) is 11.8 Å². The Labute approximate surface area is 168 Å². The van der Waals surface area contributed by atoms with E-state index in [1.807, 2.05) is 25.1 Å². The number of hydrogen-bond acceptors (Lipinski definition) is 4. The lowest BCUT2D eigenvalue weighted by atomic mass is 10.0. The normalized spacial score (nSPS) is 13.1. The number of aromatic nitrogens is 3. The zero-order valence-corrected chi connectivity index (χ0v) is 16.9. The first-order valence-electron chi connectivity index (χ1n) is 9.11. The van der Waals surface area contributed by atoms with Crippen molar-refractivity contribution >= 4 is 17.7 Å². The quantitative estimate of drug-likeness (QED) is 0.611. The molecule has 1 heterocycles. The van der Waals surface area contributed by atoms with E-state index in [1.54, 1.807) is 29.8 Å². The Hall–Kier alpha value is -2.67. The van der Waals surface area contributed by atoms with E-state index in [1.165, 1.54) is 23.4 Å². The topological polar surface area (TPSA) is 59.8 Å². The summed E-state index contributed by atoms with van der Waals surface area (Å²) in [6, 6.07) is 16.5. The molecule has 1 amide bonds. The monoisotopic (exact) mass is 398 g/mol. The van der Waals surface area contributed by atoms with Crippen LogP contribution in [0.1, 0.15) is 25.3 Å². The molecule has 0 saturated carbocycles. The molecule has 0 fully saturated rings. The van der Waals surface area contributed by atoms with Crippen molar-refractivity contribution in [3.8, 4) is 11.4 Å². The van der Waals surface area contributed by atoms with Crippen molar-refractivity contribution < 1.29 is 9.18 Å². The standard InChI is InChI=1S/C21H23FN4OS/c1-14(16-9-5-4-6-10-16)13-23-20(27)15(2)28-21-25-24-19(26(21)3)17-11-7-8-12-18(17)22/h4-12,14-15H,13H2,1-3H3,(H,23,27)/t14-,15+/m1/s1. The molecule has 146 valence electrons. The summed E-state index contributed by atoms with van der Waals surface area (Å²) in [6.07, 6.45) is 0. The maximum atomic E-state index is 14.0. The molecule has 3 rings (SSSR count). The molecule has 0 aliphatic carbocycles. The Morgan fingerprint density at radius 2 is 1.79 bits per heavy atom. The molecule has 0 spiro atoms. The Kier molecular flexibility index (Phi) is 6.46. The predicted molar refractivity (Wildman–Crippen MR) is 110 cm³/mol. The highest BCUT2D eigenvalue weighted by molar-refractivity contribution is 8.00.